The second kappa shape index (κ2) is 10.5. The molecule has 4 aromatic rings. The lowest BCUT2D eigenvalue weighted by Crippen LogP contribution is -2.44. The minimum absolute atomic E-state index is 0.0227. The number of aromatic nitrogens is 4. The Bertz CT molecular complexity index is 1700. The fourth-order valence-electron chi connectivity index (χ4n) is 5.16. The Morgan fingerprint density at radius 1 is 1.13 bits per heavy atom. The number of piperidine rings is 1. The first kappa shape index (κ1) is 25.2. The zero-order chi connectivity index (χ0) is 26.8. The zero-order valence-corrected chi connectivity index (χ0v) is 21.7. The number of nitrogens with two attached hydrogens (primary N) is 1. The van der Waals surface area contributed by atoms with Crippen molar-refractivity contribution in [3.63, 3.8) is 0 Å². The van der Waals surface area contributed by atoms with Gasteiger partial charge in [0, 0.05) is 32.6 Å². The van der Waals surface area contributed by atoms with E-state index >= 15 is 0 Å². The lowest BCUT2D eigenvalue weighted by Gasteiger charge is -2.31. The number of imidazole rings is 1. The summed E-state index contributed by atoms with van der Waals surface area (Å²) in [6.45, 7) is 7.12. The summed E-state index contributed by atoms with van der Waals surface area (Å²) in [7, 11) is 1.65. The Morgan fingerprint density at radius 3 is 2.61 bits per heavy atom. The number of para-hydroxylation sites is 2. The summed E-state index contributed by atoms with van der Waals surface area (Å²) in [6.07, 6.45) is 2.36. The summed E-state index contributed by atoms with van der Waals surface area (Å²) in [4.78, 5) is 38.8. The second-order valence-electron chi connectivity index (χ2n) is 9.52. The molecule has 9 nitrogen and oxygen atoms in total. The van der Waals surface area contributed by atoms with Crippen LogP contribution in [0.25, 0.3) is 16.9 Å². The van der Waals surface area contributed by atoms with E-state index in [1.165, 1.54) is 9.13 Å². The maximum absolute atomic E-state index is 14.1. The van der Waals surface area contributed by atoms with Crippen LogP contribution in [0.1, 0.15) is 30.9 Å². The quantitative estimate of drug-likeness (QED) is 0.318. The van der Waals surface area contributed by atoms with Crippen molar-refractivity contribution in [2.24, 2.45) is 17.8 Å². The van der Waals surface area contributed by atoms with Gasteiger partial charge >= 0.3 is 5.69 Å². The number of hydrogen-bond acceptors (Lipinski definition) is 6. The average Bonchev–Trinajstić information content (AvgIpc) is 3.32. The Balaban J connectivity index is 1.74. The van der Waals surface area contributed by atoms with Crippen molar-refractivity contribution in [1.29, 1.82) is 0 Å². The molecular weight excluding hydrogens is 478 g/mol. The van der Waals surface area contributed by atoms with Gasteiger partial charge in [0.15, 0.2) is 11.2 Å². The van der Waals surface area contributed by atoms with E-state index in [1.807, 2.05) is 47.0 Å². The highest BCUT2D eigenvalue weighted by Crippen LogP contribution is 2.26. The summed E-state index contributed by atoms with van der Waals surface area (Å²) in [5, 5.41) is 0. The van der Waals surface area contributed by atoms with Gasteiger partial charge in [-0.15, -0.1) is 5.92 Å². The monoisotopic (exact) mass is 509 g/mol. The number of rotatable bonds is 6. The topological polar surface area (TPSA) is 103 Å². The van der Waals surface area contributed by atoms with Crippen molar-refractivity contribution in [2.45, 2.75) is 38.8 Å². The summed E-state index contributed by atoms with van der Waals surface area (Å²) in [6, 6.07) is 15.2. The fourth-order valence-corrected chi connectivity index (χ4v) is 5.16. The minimum Gasteiger partial charge on any atom is -0.341 e. The smallest absolute Gasteiger partial charge is 0.337 e. The lowest BCUT2D eigenvalue weighted by molar-refractivity contribution is 0.496. The van der Waals surface area contributed by atoms with Crippen LogP contribution in [0.3, 0.4) is 0 Å². The van der Waals surface area contributed by atoms with Crippen molar-refractivity contribution in [2.75, 3.05) is 18.0 Å². The lowest BCUT2D eigenvalue weighted by atomic mass is 10.0. The van der Waals surface area contributed by atoms with Gasteiger partial charge in [0.2, 0.25) is 5.95 Å². The van der Waals surface area contributed by atoms with Crippen LogP contribution >= 0.6 is 0 Å². The maximum Gasteiger partial charge on any atom is 0.337 e. The molecule has 1 unspecified atom stereocenters. The van der Waals surface area contributed by atoms with Gasteiger partial charge in [-0.2, -0.15) is 4.98 Å². The first-order chi connectivity index (χ1) is 18.4. The molecule has 3 heterocycles. The van der Waals surface area contributed by atoms with E-state index in [4.69, 9.17) is 10.7 Å². The van der Waals surface area contributed by atoms with Crippen LogP contribution in [0.5, 0.6) is 0 Å². The molecule has 1 atom stereocenters. The third-order valence-electron chi connectivity index (χ3n) is 7.06. The van der Waals surface area contributed by atoms with Gasteiger partial charge in [-0.3, -0.25) is 18.9 Å². The molecule has 1 aliphatic rings. The molecule has 2 aromatic heterocycles. The summed E-state index contributed by atoms with van der Waals surface area (Å²) in [5.74, 6) is 6.60. The number of aliphatic imine (C=N–C) groups is 1. The van der Waals surface area contributed by atoms with Crippen molar-refractivity contribution in [3.8, 4) is 17.5 Å². The van der Waals surface area contributed by atoms with Crippen LogP contribution in [-0.4, -0.2) is 44.5 Å². The molecule has 0 amide bonds. The van der Waals surface area contributed by atoms with Gasteiger partial charge in [-0.1, -0.05) is 42.3 Å². The molecule has 0 saturated carbocycles. The van der Waals surface area contributed by atoms with Gasteiger partial charge in [0.05, 0.1) is 17.9 Å². The molecule has 2 aromatic carbocycles. The number of benzene rings is 2. The molecule has 0 aliphatic carbocycles. The van der Waals surface area contributed by atoms with E-state index in [-0.39, 0.29) is 12.6 Å². The SMILES string of the molecule is C=Nc1ccccc1Cc1ccccc1-n1c(=O)c2c(nc(N3CCCC(N)C3)n2CC#CC)n(C)c1=O. The molecule has 5 rings (SSSR count). The van der Waals surface area contributed by atoms with Gasteiger partial charge in [0.25, 0.3) is 5.56 Å². The van der Waals surface area contributed by atoms with Crippen molar-refractivity contribution in [3.05, 3.63) is 80.5 Å². The summed E-state index contributed by atoms with van der Waals surface area (Å²) < 4.78 is 4.50. The third-order valence-corrected chi connectivity index (χ3v) is 7.06. The molecule has 9 heteroatoms. The number of aryl methyl sites for hydroxylation is 1. The molecule has 1 fully saturated rings. The van der Waals surface area contributed by atoms with Gasteiger partial charge < -0.3 is 10.6 Å². The Morgan fingerprint density at radius 2 is 1.87 bits per heavy atom. The van der Waals surface area contributed by atoms with Gasteiger partial charge in [-0.25, -0.2) is 9.36 Å². The van der Waals surface area contributed by atoms with Crippen LogP contribution in [0.2, 0.25) is 0 Å². The van der Waals surface area contributed by atoms with Gasteiger partial charge in [0.1, 0.15) is 0 Å². The average molecular weight is 510 g/mol. The first-order valence-electron chi connectivity index (χ1n) is 12.7. The Labute approximate surface area is 220 Å². The van der Waals surface area contributed by atoms with Crippen LogP contribution in [0, 0.1) is 11.8 Å². The van der Waals surface area contributed by atoms with Crippen LogP contribution in [-0.2, 0) is 20.0 Å². The molecule has 0 bridgehead atoms. The highest BCUT2D eigenvalue weighted by atomic mass is 16.2. The van der Waals surface area contributed by atoms with Crippen molar-refractivity contribution >= 4 is 29.5 Å². The maximum atomic E-state index is 14.1. The first-order valence-corrected chi connectivity index (χ1v) is 12.7. The number of nitrogens with zero attached hydrogens (tertiary/aromatic N) is 6. The number of anilines is 1. The predicted molar refractivity (Wildman–Crippen MR) is 152 cm³/mol. The van der Waals surface area contributed by atoms with Crippen LogP contribution < -0.4 is 21.9 Å². The number of hydrogen-bond donors (Lipinski definition) is 1. The molecule has 38 heavy (non-hydrogen) atoms. The highest BCUT2D eigenvalue weighted by Gasteiger charge is 2.27. The largest absolute Gasteiger partial charge is 0.341 e. The van der Waals surface area contributed by atoms with Crippen molar-refractivity contribution < 1.29 is 0 Å². The molecule has 2 N–H and O–H groups in total. The van der Waals surface area contributed by atoms with Crippen LogP contribution in [0.15, 0.2) is 63.1 Å². The molecule has 1 aliphatic heterocycles. The third kappa shape index (κ3) is 4.44. The van der Waals surface area contributed by atoms with E-state index in [0.29, 0.717) is 35.8 Å². The molecule has 1 saturated heterocycles. The molecule has 0 spiro atoms. The second-order valence-corrected chi connectivity index (χ2v) is 9.52. The highest BCUT2D eigenvalue weighted by molar-refractivity contribution is 5.75. The molecular formula is C29H31N7O2. The Hall–Kier alpha value is -4.42. The van der Waals surface area contributed by atoms with Gasteiger partial charge in [-0.05, 0) is 49.7 Å². The van der Waals surface area contributed by atoms with E-state index in [0.717, 1.165) is 36.2 Å². The Kier molecular flexibility index (Phi) is 6.99. The fraction of sp³-hybridized carbons (Fsp3) is 0.310. The normalized spacial score (nSPS) is 15.3. The summed E-state index contributed by atoms with van der Waals surface area (Å²) >= 11 is 0. The molecule has 194 valence electrons. The minimum atomic E-state index is -0.460. The summed E-state index contributed by atoms with van der Waals surface area (Å²) in [5.41, 5.74) is 9.10. The predicted octanol–water partition coefficient (Wildman–Crippen LogP) is 2.76. The van der Waals surface area contributed by atoms with E-state index in [9.17, 15) is 9.59 Å². The van der Waals surface area contributed by atoms with Crippen LogP contribution in [0.4, 0.5) is 11.6 Å². The zero-order valence-electron chi connectivity index (χ0n) is 21.7. The number of fused-ring (bicyclic) bond motifs is 1. The van der Waals surface area contributed by atoms with E-state index < -0.39 is 11.2 Å². The molecule has 0 radical (unpaired) electrons. The van der Waals surface area contributed by atoms with E-state index in [2.05, 4.69) is 28.5 Å². The van der Waals surface area contributed by atoms with Crippen molar-refractivity contribution in [1.82, 2.24) is 18.7 Å². The standard InChI is InChI=1S/C29H31N7O2/c1-4-5-17-35-25-26(32-28(35)34-16-10-13-22(30)19-34)33(3)29(38)36(27(25)37)24-15-9-7-12-21(24)18-20-11-6-8-14-23(20)31-2/h6-9,11-12,14-15,22H,2,10,13,16-19,30H2,1,3H3. The van der Waals surface area contributed by atoms with E-state index in [1.54, 1.807) is 20.0 Å².